The zero-order valence-electron chi connectivity index (χ0n) is 11.7. The summed E-state index contributed by atoms with van der Waals surface area (Å²) in [4.78, 5) is 4.46. The maximum absolute atomic E-state index is 12.5. The molecule has 1 aliphatic rings. The molecule has 5 nitrogen and oxygen atoms in total. The van der Waals surface area contributed by atoms with Crippen LogP contribution >= 0.6 is 0 Å². The Morgan fingerprint density at radius 1 is 1.10 bits per heavy atom. The first-order valence-electron chi connectivity index (χ1n) is 7.23. The molecule has 112 valence electrons. The zero-order valence-corrected chi connectivity index (χ0v) is 12.6. The summed E-state index contributed by atoms with van der Waals surface area (Å²) in [5.41, 5.74) is 6.33. The Hall–Kier alpha value is -1.66. The van der Waals surface area contributed by atoms with E-state index in [9.17, 15) is 8.42 Å². The number of nitrogens with two attached hydrogens (primary N) is 1. The van der Waals surface area contributed by atoms with E-state index in [1.807, 2.05) is 0 Å². The lowest BCUT2D eigenvalue weighted by atomic mass is 9.96. The van der Waals surface area contributed by atoms with Crippen LogP contribution in [0.4, 0.5) is 5.82 Å². The standard InChI is InChI=1S/C15H19N3O2S/c16-15-9-6-11-10-13(7-8-14(11)17-15)21(19,20)18-12-4-2-1-3-5-12/h6-10,12,18H,1-5H2,(H2,16,17). The van der Waals surface area contributed by atoms with Crippen LogP contribution in [0.5, 0.6) is 0 Å². The molecule has 0 spiro atoms. The monoisotopic (exact) mass is 305 g/mol. The van der Waals surface area contributed by atoms with Gasteiger partial charge in [0.2, 0.25) is 10.0 Å². The second kappa shape index (κ2) is 5.61. The summed E-state index contributed by atoms with van der Waals surface area (Å²) >= 11 is 0. The van der Waals surface area contributed by atoms with Gasteiger partial charge in [-0.25, -0.2) is 18.1 Å². The fourth-order valence-corrected chi connectivity index (χ4v) is 4.13. The van der Waals surface area contributed by atoms with Crippen molar-refractivity contribution in [1.82, 2.24) is 9.71 Å². The minimum Gasteiger partial charge on any atom is -0.384 e. The molecule has 1 aliphatic carbocycles. The van der Waals surface area contributed by atoms with Gasteiger partial charge in [0.25, 0.3) is 0 Å². The first-order chi connectivity index (χ1) is 10.0. The van der Waals surface area contributed by atoms with E-state index >= 15 is 0 Å². The number of hydrogen-bond donors (Lipinski definition) is 2. The molecule has 0 atom stereocenters. The molecule has 6 heteroatoms. The number of nitrogens with zero attached hydrogens (tertiary/aromatic N) is 1. The Labute approximate surface area is 124 Å². The molecule has 2 aromatic rings. The van der Waals surface area contributed by atoms with Gasteiger partial charge in [0.05, 0.1) is 10.4 Å². The third-order valence-corrected chi connectivity index (χ3v) is 5.44. The molecule has 0 aliphatic heterocycles. The molecule has 3 N–H and O–H groups in total. The number of sulfonamides is 1. The van der Waals surface area contributed by atoms with Crippen molar-refractivity contribution in [3.05, 3.63) is 30.3 Å². The van der Waals surface area contributed by atoms with E-state index in [4.69, 9.17) is 5.73 Å². The number of rotatable bonds is 3. The molecule has 3 rings (SSSR count). The normalized spacial score (nSPS) is 17.1. The van der Waals surface area contributed by atoms with E-state index in [0.717, 1.165) is 31.1 Å². The smallest absolute Gasteiger partial charge is 0.240 e. The summed E-state index contributed by atoms with van der Waals surface area (Å²) < 4.78 is 27.7. The van der Waals surface area contributed by atoms with Crippen LogP contribution in [-0.4, -0.2) is 19.4 Å². The van der Waals surface area contributed by atoms with E-state index in [1.165, 1.54) is 6.42 Å². The van der Waals surface area contributed by atoms with Crippen LogP contribution in [0.15, 0.2) is 35.2 Å². The van der Waals surface area contributed by atoms with Crippen molar-refractivity contribution in [1.29, 1.82) is 0 Å². The highest BCUT2D eigenvalue weighted by Gasteiger charge is 2.22. The lowest BCUT2D eigenvalue weighted by molar-refractivity contribution is 0.412. The van der Waals surface area contributed by atoms with E-state index in [0.29, 0.717) is 11.3 Å². The van der Waals surface area contributed by atoms with E-state index in [1.54, 1.807) is 30.3 Å². The van der Waals surface area contributed by atoms with Crippen LogP contribution < -0.4 is 10.5 Å². The predicted molar refractivity (Wildman–Crippen MR) is 83.3 cm³/mol. The van der Waals surface area contributed by atoms with Crippen LogP contribution in [0.1, 0.15) is 32.1 Å². The van der Waals surface area contributed by atoms with Crippen molar-refractivity contribution in [2.45, 2.75) is 43.0 Å². The van der Waals surface area contributed by atoms with Crippen LogP contribution in [0, 0.1) is 0 Å². The summed E-state index contributed by atoms with van der Waals surface area (Å²) in [6.45, 7) is 0. The van der Waals surface area contributed by atoms with Crippen LogP contribution in [0.3, 0.4) is 0 Å². The van der Waals surface area contributed by atoms with Gasteiger partial charge in [-0.2, -0.15) is 0 Å². The fraction of sp³-hybridized carbons (Fsp3) is 0.400. The highest BCUT2D eigenvalue weighted by molar-refractivity contribution is 7.89. The van der Waals surface area contributed by atoms with Crippen LogP contribution in [-0.2, 0) is 10.0 Å². The zero-order chi connectivity index (χ0) is 14.9. The minimum atomic E-state index is -3.47. The van der Waals surface area contributed by atoms with Gasteiger partial charge in [0, 0.05) is 11.4 Å². The van der Waals surface area contributed by atoms with Crippen molar-refractivity contribution >= 4 is 26.7 Å². The average molecular weight is 305 g/mol. The highest BCUT2D eigenvalue weighted by atomic mass is 32.2. The lowest BCUT2D eigenvalue weighted by Crippen LogP contribution is -2.36. The second-order valence-electron chi connectivity index (χ2n) is 5.55. The Morgan fingerprint density at radius 2 is 1.86 bits per heavy atom. The Bertz CT molecular complexity index is 753. The molecule has 1 aromatic heterocycles. The van der Waals surface area contributed by atoms with Gasteiger partial charge in [0.15, 0.2) is 0 Å². The number of pyridine rings is 1. The minimum absolute atomic E-state index is 0.0592. The van der Waals surface area contributed by atoms with Gasteiger partial charge >= 0.3 is 0 Å². The number of hydrogen-bond acceptors (Lipinski definition) is 4. The van der Waals surface area contributed by atoms with Crippen molar-refractivity contribution in [3.63, 3.8) is 0 Å². The Morgan fingerprint density at radius 3 is 2.62 bits per heavy atom. The highest BCUT2D eigenvalue weighted by Crippen LogP contribution is 2.22. The predicted octanol–water partition coefficient (Wildman–Crippen LogP) is 2.43. The summed E-state index contributed by atoms with van der Waals surface area (Å²) in [7, 11) is -3.47. The molecular formula is C15H19N3O2S. The molecule has 0 unspecified atom stereocenters. The van der Waals surface area contributed by atoms with Gasteiger partial charge in [-0.3, -0.25) is 0 Å². The van der Waals surface area contributed by atoms with Crippen LogP contribution in [0.25, 0.3) is 10.9 Å². The van der Waals surface area contributed by atoms with Gasteiger partial charge in [0.1, 0.15) is 5.82 Å². The van der Waals surface area contributed by atoms with Crippen molar-refractivity contribution < 1.29 is 8.42 Å². The van der Waals surface area contributed by atoms with Gasteiger partial charge in [-0.15, -0.1) is 0 Å². The summed E-state index contributed by atoms with van der Waals surface area (Å²) in [5.74, 6) is 0.429. The molecule has 0 saturated heterocycles. The number of benzene rings is 1. The molecule has 0 amide bonds. The van der Waals surface area contributed by atoms with Gasteiger partial charge < -0.3 is 5.73 Å². The third kappa shape index (κ3) is 3.16. The molecule has 1 heterocycles. The maximum Gasteiger partial charge on any atom is 0.240 e. The first-order valence-corrected chi connectivity index (χ1v) is 8.71. The van der Waals surface area contributed by atoms with Crippen molar-refractivity contribution in [3.8, 4) is 0 Å². The molecular weight excluding hydrogens is 286 g/mol. The van der Waals surface area contributed by atoms with Crippen LogP contribution in [0.2, 0.25) is 0 Å². The Kier molecular flexibility index (Phi) is 3.82. The largest absolute Gasteiger partial charge is 0.384 e. The number of nitrogens with one attached hydrogen (secondary N) is 1. The summed E-state index contributed by atoms with van der Waals surface area (Å²) in [6.07, 6.45) is 5.22. The van der Waals surface area contributed by atoms with Crippen molar-refractivity contribution in [2.24, 2.45) is 0 Å². The van der Waals surface area contributed by atoms with Gasteiger partial charge in [-0.05, 0) is 43.2 Å². The summed E-state index contributed by atoms with van der Waals surface area (Å²) in [6, 6.07) is 8.45. The molecule has 1 saturated carbocycles. The molecule has 1 fully saturated rings. The summed E-state index contributed by atoms with van der Waals surface area (Å²) in [5, 5.41) is 0.774. The quantitative estimate of drug-likeness (QED) is 0.912. The van der Waals surface area contributed by atoms with Gasteiger partial charge in [-0.1, -0.05) is 19.3 Å². The Balaban J connectivity index is 1.89. The fourth-order valence-electron chi connectivity index (χ4n) is 2.79. The van der Waals surface area contributed by atoms with E-state index < -0.39 is 10.0 Å². The number of fused-ring (bicyclic) bond motifs is 1. The number of nitrogen functional groups attached to an aromatic ring is 1. The number of anilines is 1. The number of aromatic nitrogens is 1. The molecule has 21 heavy (non-hydrogen) atoms. The SMILES string of the molecule is Nc1ccc2cc(S(=O)(=O)NC3CCCCC3)ccc2n1. The van der Waals surface area contributed by atoms with E-state index in [2.05, 4.69) is 9.71 Å². The molecule has 0 bridgehead atoms. The molecule has 1 aromatic carbocycles. The molecule has 0 radical (unpaired) electrons. The average Bonchev–Trinajstić information content (AvgIpc) is 2.47. The topological polar surface area (TPSA) is 85.1 Å². The van der Waals surface area contributed by atoms with E-state index in [-0.39, 0.29) is 10.9 Å². The van der Waals surface area contributed by atoms with Crippen molar-refractivity contribution in [2.75, 3.05) is 5.73 Å². The first kappa shape index (κ1) is 14.3. The maximum atomic E-state index is 12.5. The lowest BCUT2D eigenvalue weighted by Gasteiger charge is -2.22. The second-order valence-corrected chi connectivity index (χ2v) is 7.26. The third-order valence-electron chi connectivity index (χ3n) is 3.92.